The van der Waals surface area contributed by atoms with Crippen molar-refractivity contribution in [2.75, 3.05) is 0 Å². The van der Waals surface area contributed by atoms with Crippen LogP contribution in [0.25, 0.3) is 0 Å². The lowest BCUT2D eigenvalue weighted by Crippen LogP contribution is -2.25. The molecule has 0 N–H and O–H groups in total. The summed E-state index contributed by atoms with van der Waals surface area (Å²) < 4.78 is 39.7. The van der Waals surface area contributed by atoms with Gasteiger partial charge >= 0.3 is 6.18 Å². The number of hydrogen-bond donors (Lipinski definition) is 0. The third-order valence-corrected chi connectivity index (χ3v) is 2.55. The molecule has 1 aromatic heterocycles. The van der Waals surface area contributed by atoms with E-state index in [0.717, 1.165) is 16.8 Å². The Balaban J connectivity index is 2.27. The van der Waals surface area contributed by atoms with Gasteiger partial charge in [0.05, 0.1) is 5.57 Å². The molecule has 17 heavy (non-hydrogen) atoms. The van der Waals surface area contributed by atoms with E-state index in [4.69, 9.17) is 11.8 Å². The summed E-state index contributed by atoms with van der Waals surface area (Å²) in [5.41, 5.74) is -0.891. The summed E-state index contributed by atoms with van der Waals surface area (Å²) in [7, 11) is 1.71. The zero-order chi connectivity index (χ0) is 12.6. The number of imidazole rings is 1. The highest BCUT2D eigenvalue weighted by molar-refractivity contribution is 6.14. The van der Waals surface area contributed by atoms with Crippen LogP contribution in [0.1, 0.15) is 12.0 Å². The lowest BCUT2D eigenvalue weighted by molar-refractivity contribution is -0.0868. The molecule has 8 heteroatoms. The summed E-state index contributed by atoms with van der Waals surface area (Å²) in [6.45, 7) is 0. The van der Waals surface area contributed by atoms with Crippen molar-refractivity contribution >= 4 is 18.0 Å². The van der Waals surface area contributed by atoms with Gasteiger partial charge in [-0.15, -0.1) is 0 Å². The first-order valence-electron chi connectivity index (χ1n) is 4.63. The van der Waals surface area contributed by atoms with Gasteiger partial charge in [0, 0.05) is 43.6 Å². The van der Waals surface area contributed by atoms with Gasteiger partial charge in [-0.1, -0.05) is 0 Å². The first kappa shape index (κ1) is 12.0. The Morgan fingerprint density at radius 1 is 1.41 bits per heavy atom. The Morgan fingerprint density at radius 3 is 2.59 bits per heavy atom. The van der Waals surface area contributed by atoms with Gasteiger partial charge in [0.15, 0.2) is 12.0 Å². The van der Waals surface area contributed by atoms with Crippen LogP contribution in [-0.4, -0.2) is 26.4 Å². The molecule has 1 aromatic rings. The van der Waals surface area contributed by atoms with Gasteiger partial charge in [0.25, 0.3) is 0 Å². The standard InChI is InChI=1S/C9H8ClF3N4/c1-16-3-2-14-7(16)8-15-4-6(5-17(8)10)9(11,12)13/h2-5,8H,1H3. The van der Waals surface area contributed by atoms with Gasteiger partial charge in [-0.3, -0.25) is 9.41 Å². The zero-order valence-corrected chi connectivity index (χ0v) is 9.44. The van der Waals surface area contributed by atoms with Crippen LogP contribution in [0.15, 0.2) is 29.2 Å². The van der Waals surface area contributed by atoms with Gasteiger partial charge in [0.1, 0.15) is 0 Å². The summed E-state index contributed by atoms with van der Waals surface area (Å²) in [4.78, 5) is 7.75. The normalized spacial score (nSPS) is 20.6. The van der Waals surface area contributed by atoms with Gasteiger partial charge in [-0.25, -0.2) is 4.98 Å². The van der Waals surface area contributed by atoms with Crippen molar-refractivity contribution in [3.8, 4) is 0 Å². The van der Waals surface area contributed by atoms with Gasteiger partial charge in [0.2, 0.25) is 0 Å². The molecule has 0 radical (unpaired) electrons. The van der Waals surface area contributed by atoms with E-state index in [1.165, 1.54) is 6.20 Å². The lowest BCUT2D eigenvalue weighted by atomic mass is 10.2. The van der Waals surface area contributed by atoms with E-state index >= 15 is 0 Å². The SMILES string of the molecule is Cn1ccnc1C1N=CC(C(F)(F)F)=CN1Cl. The first-order valence-corrected chi connectivity index (χ1v) is 4.97. The molecule has 1 aliphatic heterocycles. The summed E-state index contributed by atoms with van der Waals surface area (Å²) in [5, 5.41) is 0. The van der Waals surface area contributed by atoms with E-state index in [9.17, 15) is 13.2 Å². The quantitative estimate of drug-likeness (QED) is 0.730. The highest BCUT2D eigenvalue weighted by Crippen LogP contribution is 2.32. The predicted octanol–water partition coefficient (Wildman–Crippen LogP) is 2.41. The molecule has 1 atom stereocenters. The minimum absolute atomic E-state index is 0.466. The zero-order valence-electron chi connectivity index (χ0n) is 8.69. The minimum atomic E-state index is -4.46. The van der Waals surface area contributed by atoms with E-state index < -0.39 is 17.9 Å². The van der Waals surface area contributed by atoms with E-state index in [2.05, 4.69) is 9.98 Å². The molecule has 2 rings (SSSR count). The summed E-state index contributed by atoms with van der Waals surface area (Å²) in [5.74, 6) is 0.466. The molecule has 92 valence electrons. The van der Waals surface area contributed by atoms with E-state index in [1.54, 1.807) is 17.8 Å². The molecular formula is C9H8ClF3N4. The molecule has 0 aliphatic carbocycles. The number of halogens is 4. The number of nitrogens with zero attached hydrogens (tertiary/aromatic N) is 4. The maximum absolute atomic E-state index is 12.4. The van der Waals surface area contributed by atoms with Crippen molar-refractivity contribution in [2.45, 2.75) is 12.3 Å². The van der Waals surface area contributed by atoms with Crippen molar-refractivity contribution in [1.82, 2.24) is 14.0 Å². The van der Waals surface area contributed by atoms with E-state index in [1.807, 2.05) is 0 Å². The molecule has 1 unspecified atom stereocenters. The molecule has 2 heterocycles. The second kappa shape index (κ2) is 4.06. The Labute approximate surface area is 100 Å². The number of alkyl halides is 3. The van der Waals surface area contributed by atoms with Crippen LogP contribution in [0.3, 0.4) is 0 Å². The van der Waals surface area contributed by atoms with Crippen molar-refractivity contribution in [3.05, 3.63) is 30.0 Å². The fraction of sp³-hybridized carbons (Fsp3) is 0.333. The monoisotopic (exact) mass is 264 g/mol. The van der Waals surface area contributed by atoms with Crippen LogP contribution in [0, 0.1) is 0 Å². The summed E-state index contributed by atoms with van der Waals surface area (Å²) in [6.07, 6.45) is -0.449. The Kier molecular flexibility index (Phi) is 2.86. The number of aliphatic imine (C=N–C) groups is 1. The van der Waals surface area contributed by atoms with Crippen LogP contribution in [0.4, 0.5) is 13.2 Å². The van der Waals surface area contributed by atoms with E-state index in [0.29, 0.717) is 5.82 Å². The molecule has 0 saturated carbocycles. The van der Waals surface area contributed by atoms with Gasteiger partial charge in [-0.05, 0) is 0 Å². The molecule has 0 fully saturated rings. The fourth-order valence-electron chi connectivity index (χ4n) is 1.40. The largest absolute Gasteiger partial charge is 0.419 e. The highest BCUT2D eigenvalue weighted by atomic mass is 35.5. The van der Waals surface area contributed by atoms with Gasteiger partial charge in [-0.2, -0.15) is 13.2 Å². The molecule has 4 nitrogen and oxygen atoms in total. The predicted molar refractivity (Wildman–Crippen MR) is 56.3 cm³/mol. The van der Waals surface area contributed by atoms with Gasteiger partial charge < -0.3 is 4.57 Å². The summed E-state index contributed by atoms with van der Waals surface area (Å²) >= 11 is 5.74. The number of hydrogen-bond acceptors (Lipinski definition) is 3. The fourth-order valence-corrected chi connectivity index (χ4v) is 1.64. The summed E-state index contributed by atoms with van der Waals surface area (Å²) in [6, 6.07) is 0. The maximum Gasteiger partial charge on any atom is 0.419 e. The van der Waals surface area contributed by atoms with Crippen LogP contribution in [0.5, 0.6) is 0 Å². The first-order chi connectivity index (χ1) is 7.89. The van der Waals surface area contributed by atoms with Crippen molar-refractivity contribution in [2.24, 2.45) is 12.0 Å². The number of allylic oxidation sites excluding steroid dienone is 1. The molecule has 0 spiro atoms. The third-order valence-electron chi connectivity index (χ3n) is 2.27. The van der Waals surface area contributed by atoms with Crippen molar-refractivity contribution < 1.29 is 13.2 Å². The second-order valence-electron chi connectivity index (χ2n) is 3.47. The number of rotatable bonds is 1. The smallest absolute Gasteiger partial charge is 0.335 e. The average molecular weight is 265 g/mol. The molecule has 0 amide bonds. The van der Waals surface area contributed by atoms with Crippen molar-refractivity contribution in [1.29, 1.82) is 0 Å². The Bertz CT molecular complexity index is 477. The van der Waals surface area contributed by atoms with Crippen LogP contribution < -0.4 is 0 Å². The highest BCUT2D eigenvalue weighted by Gasteiger charge is 2.36. The number of aryl methyl sites for hydroxylation is 1. The molecular weight excluding hydrogens is 257 g/mol. The van der Waals surface area contributed by atoms with Crippen LogP contribution in [0.2, 0.25) is 0 Å². The van der Waals surface area contributed by atoms with Crippen molar-refractivity contribution in [3.63, 3.8) is 0 Å². The second-order valence-corrected chi connectivity index (χ2v) is 3.86. The molecule has 1 aliphatic rings. The van der Waals surface area contributed by atoms with Crippen LogP contribution in [-0.2, 0) is 7.05 Å². The van der Waals surface area contributed by atoms with E-state index in [-0.39, 0.29) is 0 Å². The average Bonchev–Trinajstić information content (AvgIpc) is 2.63. The minimum Gasteiger partial charge on any atom is -0.335 e. The third kappa shape index (κ3) is 2.28. The number of aromatic nitrogens is 2. The Hall–Kier alpha value is -1.50. The molecule has 0 bridgehead atoms. The van der Waals surface area contributed by atoms with Crippen LogP contribution >= 0.6 is 11.8 Å². The lowest BCUT2D eigenvalue weighted by Gasteiger charge is -2.24. The maximum atomic E-state index is 12.4. The molecule has 0 saturated heterocycles. The topological polar surface area (TPSA) is 33.4 Å². The molecule has 0 aromatic carbocycles. The Morgan fingerprint density at radius 2 is 2.12 bits per heavy atom.